The highest BCUT2D eigenvalue weighted by molar-refractivity contribution is 6.15. The van der Waals surface area contributed by atoms with Gasteiger partial charge in [-0.05, 0) is 98.8 Å². The van der Waals surface area contributed by atoms with E-state index in [9.17, 15) is 0 Å². The minimum atomic E-state index is 0.934. The third kappa shape index (κ3) is 6.55. The molecule has 63 heavy (non-hydrogen) atoms. The van der Waals surface area contributed by atoms with Crippen molar-refractivity contribution in [3.05, 3.63) is 237 Å². The molecule has 0 fully saturated rings. The third-order valence-corrected chi connectivity index (χ3v) is 12.4. The molecule has 0 N–H and O–H groups in total. The molecule has 0 atom stereocenters. The van der Waals surface area contributed by atoms with E-state index in [1.165, 1.54) is 43.7 Å². The van der Waals surface area contributed by atoms with Crippen LogP contribution in [0.25, 0.3) is 116 Å². The second-order valence-corrected chi connectivity index (χ2v) is 16.2. The number of aromatic nitrogens is 3. The van der Waals surface area contributed by atoms with Crippen molar-refractivity contribution in [2.24, 2.45) is 0 Å². The molecular weight excluding hydrogens is 763 g/mol. The standard InChI is InChI=1S/C60H39N3/c1-4-14-42(15-5-1)53-39-57(45-18-8-3-9-19-45)61-54-35-32-43-28-29-47(36-52(43)60(53)54)40-24-26-41(27-25-40)48-37-55(44-16-6-2-7-17-44)62-56(38-48)46-30-33-49(34-31-46)63-58-22-12-10-20-50(58)51-21-11-13-23-59(51)63/h1-39H. The summed E-state index contributed by atoms with van der Waals surface area (Å²) in [6.45, 7) is 0. The Morgan fingerprint density at radius 3 is 1.35 bits per heavy atom. The van der Waals surface area contributed by atoms with Crippen molar-refractivity contribution in [2.75, 3.05) is 0 Å². The first kappa shape index (κ1) is 36.5. The molecule has 0 spiro atoms. The van der Waals surface area contributed by atoms with Crippen LogP contribution in [-0.2, 0) is 0 Å². The lowest BCUT2D eigenvalue weighted by Crippen LogP contribution is -1.95. The lowest BCUT2D eigenvalue weighted by atomic mass is 9.92. The van der Waals surface area contributed by atoms with Crippen LogP contribution in [0, 0.1) is 0 Å². The Hall–Kier alpha value is -8.40. The van der Waals surface area contributed by atoms with Crippen LogP contribution < -0.4 is 0 Å². The lowest BCUT2D eigenvalue weighted by Gasteiger charge is -2.14. The van der Waals surface area contributed by atoms with Crippen LogP contribution in [0.4, 0.5) is 0 Å². The molecule has 0 aliphatic heterocycles. The number of benzene rings is 9. The molecule has 294 valence electrons. The van der Waals surface area contributed by atoms with Gasteiger partial charge in [-0.15, -0.1) is 0 Å². The van der Waals surface area contributed by atoms with E-state index >= 15 is 0 Å². The van der Waals surface area contributed by atoms with Crippen molar-refractivity contribution in [2.45, 2.75) is 0 Å². The molecule has 0 saturated heterocycles. The number of fused-ring (bicyclic) bond motifs is 6. The summed E-state index contributed by atoms with van der Waals surface area (Å²) in [7, 11) is 0. The molecule has 0 radical (unpaired) electrons. The van der Waals surface area contributed by atoms with Gasteiger partial charge in [0, 0.05) is 38.5 Å². The van der Waals surface area contributed by atoms with Crippen molar-refractivity contribution in [1.29, 1.82) is 0 Å². The van der Waals surface area contributed by atoms with Gasteiger partial charge in [0.1, 0.15) is 0 Å². The number of hydrogen-bond acceptors (Lipinski definition) is 2. The van der Waals surface area contributed by atoms with E-state index in [-0.39, 0.29) is 0 Å². The Bertz CT molecular complexity index is 3580. The summed E-state index contributed by atoms with van der Waals surface area (Å²) in [5.74, 6) is 0. The Kier molecular flexibility index (Phi) is 8.83. The Morgan fingerprint density at radius 2 is 0.746 bits per heavy atom. The zero-order chi connectivity index (χ0) is 41.7. The summed E-state index contributed by atoms with van der Waals surface area (Å²) in [4.78, 5) is 10.5. The molecule has 0 aliphatic carbocycles. The van der Waals surface area contributed by atoms with Crippen LogP contribution in [0.1, 0.15) is 0 Å². The Morgan fingerprint density at radius 1 is 0.286 bits per heavy atom. The molecule has 0 unspecified atom stereocenters. The van der Waals surface area contributed by atoms with Gasteiger partial charge in [-0.3, -0.25) is 0 Å². The number of hydrogen-bond donors (Lipinski definition) is 0. The molecular formula is C60H39N3. The quantitative estimate of drug-likeness (QED) is 0.150. The maximum Gasteiger partial charge on any atom is 0.0722 e. The summed E-state index contributed by atoms with van der Waals surface area (Å²) >= 11 is 0. The fourth-order valence-electron chi connectivity index (χ4n) is 9.28. The summed E-state index contributed by atoms with van der Waals surface area (Å²) in [6, 6.07) is 84.6. The molecule has 3 heteroatoms. The minimum Gasteiger partial charge on any atom is -0.309 e. The number of pyridine rings is 2. The number of nitrogens with zero attached hydrogens (tertiary/aromatic N) is 3. The molecule has 3 heterocycles. The van der Waals surface area contributed by atoms with Gasteiger partial charge < -0.3 is 4.57 Å². The topological polar surface area (TPSA) is 30.7 Å². The van der Waals surface area contributed by atoms with E-state index in [2.05, 4.69) is 235 Å². The van der Waals surface area contributed by atoms with E-state index in [4.69, 9.17) is 9.97 Å². The van der Waals surface area contributed by atoms with Crippen LogP contribution in [0.5, 0.6) is 0 Å². The largest absolute Gasteiger partial charge is 0.309 e. The second-order valence-electron chi connectivity index (χ2n) is 16.2. The van der Waals surface area contributed by atoms with E-state index in [0.29, 0.717) is 0 Å². The van der Waals surface area contributed by atoms with Crippen LogP contribution in [0.15, 0.2) is 237 Å². The first-order chi connectivity index (χ1) is 31.2. The second kappa shape index (κ2) is 15.3. The predicted molar refractivity (Wildman–Crippen MR) is 264 cm³/mol. The van der Waals surface area contributed by atoms with Gasteiger partial charge in [0.15, 0.2) is 0 Å². The average molecular weight is 802 g/mol. The molecule has 0 bridgehead atoms. The van der Waals surface area contributed by atoms with Crippen molar-refractivity contribution < 1.29 is 0 Å². The molecule has 0 aliphatic rings. The molecule has 3 aromatic heterocycles. The van der Waals surface area contributed by atoms with Crippen LogP contribution >= 0.6 is 0 Å². The van der Waals surface area contributed by atoms with Crippen molar-refractivity contribution in [3.8, 4) is 72.8 Å². The maximum absolute atomic E-state index is 5.25. The van der Waals surface area contributed by atoms with E-state index < -0.39 is 0 Å². The predicted octanol–water partition coefficient (Wildman–Crippen LogP) is 15.9. The highest BCUT2D eigenvalue weighted by Crippen LogP contribution is 2.39. The van der Waals surface area contributed by atoms with Crippen LogP contribution in [0.2, 0.25) is 0 Å². The van der Waals surface area contributed by atoms with Gasteiger partial charge in [0.05, 0.1) is 33.6 Å². The highest BCUT2D eigenvalue weighted by Gasteiger charge is 2.16. The molecule has 3 nitrogen and oxygen atoms in total. The fraction of sp³-hybridized carbons (Fsp3) is 0. The van der Waals surface area contributed by atoms with Gasteiger partial charge in [-0.25, -0.2) is 9.97 Å². The van der Waals surface area contributed by atoms with Crippen LogP contribution in [0.3, 0.4) is 0 Å². The summed E-state index contributed by atoms with van der Waals surface area (Å²) in [6.07, 6.45) is 0. The van der Waals surface area contributed by atoms with Gasteiger partial charge >= 0.3 is 0 Å². The van der Waals surface area contributed by atoms with E-state index in [1.807, 2.05) is 6.07 Å². The first-order valence-electron chi connectivity index (χ1n) is 21.5. The smallest absolute Gasteiger partial charge is 0.0722 e. The molecule has 12 aromatic rings. The maximum atomic E-state index is 5.25. The minimum absolute atomic E-state index is 0.934. The number of rotatable bonds is 7. The monoisotopic (exact) mass is 801 g/mol. The fourth-order valence-corrected chi connectivity index (χ4v) is 9.28. The van der Waals surface area contributed by atoms with Crippen LogP contribution in [-0.4, -0.2) is 14.5 Å². The van der Waals surface area contributed by atoms with Crippen molar-refractivity contribution in [1.82, 2.24) is 14.5 Å². The third-order valence-electron chi connectivity index (χ3n) is 12.4. The normalized spacial score (nSPS) is 11.5. The highest BCUT2D eigenvalue weighted by atomic mass is 15.0. The van der Waals surface area contributed by atoms with Gasteiger partial charge in [0.2, 0.25) is 0 Å². The molecule has 0 saturated carbocycles. The van der Waals surface area contributed by atoms with Crippen molar-refractivity contribution in [3.63, 3.8) is 0 Å². The lowest BCUT2D eigenvalue weighted by molar-refractivity contribution is 1.18. The van der Waals surface area contributed by atoms with Gasteiger partial charge in [0.25, 0.3) is 0 Å². The van der Waals surface area contributed by atoms with E-state index in [1.54, 1.807) is 0 Å². The zero-order valence-corrected chi connectivity index (χ0v) is 34.4. The van der Waals surface area contributed by atoms with Gasteiger partial charge in [-0.1, -0.05) is 182 Å². The summed E-state index contributed by atoms with van der Waals surface area (Å²) in [5.41, 5.74) is 17.6. The average Bonchev–Trinajstić information content (AvgIpc) is 3.71. The molecule has 0 amide bonds. The van der Waals surface area contributed by atoms with Crippen molar-refractivity contribution >= 4 is 43.5 Å². The summed E-state index contributed by atoms with van der Waals surface area (Å²) in [5, 5.41) is 6.06. The molecule has 9 aromatic carbocycles. The Labute approximate surface area is 365 Å². The number of para-hydroxylation sites is 2. The Balaban J connectivity index is 0.931. The van der Waals surface area contributed by atoms with Gasteiger partial charge in [-0.2, -0.15) is 0 Å². The summed E-state index contributed by atoms with van der Waals surface area (Å²) < 4.78 is 2.36. The zero-order valence-electron chi connectivity index (χ0n) is 34.4. The van der Waals surface area contributed by atoms with E-state index in [0.717, 1.165) is 72.6 Å². The molecule has 12 rings (SSSR count). The SMILES string of the molecule is c1ccc(-c2cc(-c3ccc(-c4ccc5ccc6nc(-c7ccccc7)cc(-c7ccccc7)c6c5c4)cc3)cc(-c3ccc(-n4c5ccccc5c5ccccc54)cc3)n2)cc1. The first-order valence-corrected chi connectivity index (χ1v) is 21.5.